The van der Waals surface area contributed by atoms with Gasteiger partial charge in [-0.05, 0) is 36.1 Å². The van der Waals surface area contributed by atoms with Crippen LogP contribution in [0.15, 0.2) is 58.5 Å². The number of hydrogen-bond acceptors (Lipinski definition) is 4. The maximum atomic E-state index is 13.4. The highest BCUT2D eigenvalue weighted by molar-refractivity contribution is 7.99. The molecular weight excluding hydrogens is 356 g/mol. The third-order valence-electron chi connectivity index (χ3n) is 4.63. The lowest BCUT2D eigenvalue weighted by Crippen LogP contribution is -2.23. The normalized spacial score (nSPS) is 11.7. The summed E-state index contributed by atoms with van der Waals surface area (Å²) in [5.41, 5.74) is 2.76. The maximum absolute atomic E-state index is 13.4. The van der Waals surface area contributed by atoms with Gasteiger partial charge < -0.3 is 0 Å². The maximum Gasteiger partial charge on any atom is 0.267 e. The number of hydrogen-bond donors (Lipinski definition) is 0. The van der Waals surface area contributed by atoms with E-state index in [2.05, 4.69) is 37.0 Å². The number of thioether (sulfide) groups is 1. The predicted octanol–water partition coefficient (Wildman–Crippen LogP) is 4.66. The Balaban J connectivity index is 2.14. The smallest absolute Gasteiger partial charge is 0.267 e. The summed E-state index contributed by atoms with van der Waals surface area (Å²) in [5.74, 6) is 1.80. The van der Waals surface area contributed by atoms with Crippen molar-refractivity contribution in [2.24, 2.45) is 0 Å². The van der Waals surface area contributed by atoms with Gasteiger partial charge in [0.25, 0.3) is 5.56 Å². The second kappa shape index (κ2) is 7.19. The lowest BCUT2D eigenvalue weighted by molar-refractivity contribution is 0.837. The summed E-state index contributed by atoms with van der Waals surface area (Å²) >= 11 is 1.67. The van der Waals surface area contributed by atoms with Crippen LogP contribution in [0.4, 0.5) is 0 Å². The first-order chi connectivity index (χ1) is 13.1. The summed E-state index contributed by atoms with van der Waals surface area (Å²) in [6.07, 6.45) is 1.05. The number of para-hydroxylation sites is 2. The summed E-state index contributed by atoms with van der Waals surface area (Å²) in [6.45, 7) is 6.41. The zero-order chi connectivity index (χ0) is 19.0. The largest absolute Gasteiger partial charge is 0.268 e. The zero-order valence-corrected chi connectivity index (χ0v) is 16.5. The Morgan fingerprint density at radius 2 is 1.78 bits per heavy atom. The first-order valence-electron chi connectivity index (χ1n) is 9.24. The molecule has 5 nitrogen and oxygen atoms in total. The van der Waals surface area contributed by atoms with Crippen molar-refractivity contribution in [2.75, 3.05) is 5.75 Å². The number of rotatable bonds is 5. The fourth-order valence-electron chi connectivity index (χ4n) is 3.36. The van der Waals surface area contributed by atoms with Crippen molar-refractivity contribution in [3.8, 4) is 5.69 Å². The summed E-state index contributed by atoms with van der Waals surface area (Å²) < 4.78 is 3.72. The van der Waals surface area contributed by atoms with Crippen molar-refractivity contribution in [3.63, 3.8) is 0 Å². The van der Waals surface area contributed by atoms with Crippen LogP contribution in [0, 0.1) is 0 Å². The van der Waals surface area contributed by atoms with Crippen molar-refractivity contribution in [2.45, 2.75) is 38.3 Å². The molecule has 2 aromatic heterocycles. The van der Waals surface area contributed by atoms with Gasteiger partial charge in [0.15, 0.2) is 5.16 Å². The first-order valence-corrected chi connectivity index (χ1v) is 10.2. The highest BCUT2D eigenvalue weighted by Gasteiger charge is 2.19. The molecule has 0 N–H and O–H groups in total. The van der Waals surface area contributed by atoms with Crippen LogP contribution in [-0.4, -0.2) is 24.9 Å². The van der Waals surface area contributed by atoms with E-state index in [-0.39, 0.29) is 11.5 Å². The van der Waals surface area contributed by atoms with Gasteiger partial charge in [-0.3, -0.25) is 9.20 Å². The Hall–Kier alpha value is -2.60. The summed E-state index contributed by atoms with van der Waals surface area (Å²) in [6, 6.07) is 15.7. The van der Waals surface area contributed by atoms with Crippen LogP contribution in [0.1, 0.15) is 38.7 Å². The molecule has 4 aromatic rings. The van der Waals surface area contributed by atoms with Gasteiger partial charge in [0.05, 0.1) is 16.6 Å². The third-order valence-corrected chi connectivity index (χ3v) is 5.76. The molecule has 0 unspecified atom stereocenters. The van der Waals surface area contributed by atoms with Gasteiger partial charge in [0.1, 0.15) is 0 Å². The average Bonchev–Trinajstić information content (AvgIpc) is 3.10. The molecule has 0 aliphatic heterocycles. The lowest BCUT2D eigenvalue weighted by atomic mass is 10.0. The first kappa shape index (κ1) is 17.8. The van der Waals surface area contributed by atoms with Gasteiger partial charge in [0.2, 0.25) is 5.78 Å². The summed E-state index contributed by atoms with van der Waals surface area (Å²) in [5, 5.41) is 10.3. The molecule has 0 spiro atoms. The molecule has 0 atom stereocenters. The molecule has 6 heteroatoms. The van der Waals surface area contributed by atoms with Gasteiger partial charge in [-0.25, -0.2) is 4.57 Å². The van der Waals surface area contributed by atoms with Crippen LogP contribution >= 0.6 is 11.8 Å². The highest BCUT2D eigenvalue weighted by Crippen LogP contribution is 2.27. The van der Waals surface area contributed by atoms with Crippen molar-refractivity contribution in [3.05, 3.63) is 64.4 Å². The van der Waals surface area contributed by atoms with E-state index in [0.717, 1.165) is 34.1 Å². The summed E-state index contributed by atoms with van der Waals surface area (Å²) in [7, 11) is 0. The van der Waals surface area contributed by atoms with Crippen molar-refractivity contribution < 1.29 is 0 Å². The minimum Gasteiger partial charge on any atom is -0.268 e. The Bertz CT molecular complexity index is 1180. The fraction of sp³-hybridized carbons (Fsp3) is 0.286. The molecule has 4 rings (SSSR count). The molecule has 0 aliphatic carbocycles. The minimum atomic E-state index is -0.0642. The van der Waals surface area contributed by atoms with E-state index in [9.17, 15) is 4.79 Å². The van der Waals surface area contributed by atoms with Crippen molar-refractivity contribution in [1.82, 2.24) is 19.2 Å². The molecule has 0 saturated heterocycles. The number of fused-ring (bicyclic) bond motifs is 3. The number of benzene rings is 2. The van der Waals surface area contributed by atoms with E-state index in [1.54, 1.807) is 16.3 Å². The monoisotopic (exact) mass is 378 g/mol. The molecule has 138 valence electrons. The second-order valence-corrected chi connectivity index (χ2v) is 7.90. The van der Waals surface area contributed by atoms with Crippen LogP contribution in [-0.2, 0) is 0 Å². The molecule has 27 heavy (non-hydrogen) atoms. The van der Waals surface area contributed by atoms with E-state index in [4.69, 9.17) is 0 Å². The van der Waals surface area contributed by atoms with Gasteiger partial charge in [-0.15, -0.1) is 10.2 Å². The fourth-order valence-corrected chi connectivity index (χ4v) is 4.16. The van der Waals surface area contributed by atoms with Gasteiger partial charge in [-0.2, -0.15) is 0 Å². The zero-order valence-electron chi connectivity index (χ0n) is 15.7. The Kier molecular flexibility index (Phi) is 4.74. The number of nitrogens with zero attached hydrogens (tertiary/aromatic N) is 4. The third kappa shape index (κ3) is 2.94. The van der Waals surface area contributed by atoms with Crippen molar-refractivity contribution in [1.29, 1.82) is 0 Å². The molecule has 0 bridgehead atoms. The van der Waals surface area contributed by atoms with E-state index in [1.807, 2.05) is 46.9 Å². The average molecular weight is 379 g/mol. The Labute approximate surface area is 162 Å². The molecule has 0 fully saturated rings. The highest BCUT2D eigenvalue weighted by atomic mass is 32.2. The Morgan fingerprint density at radius 3 is 2.56 bits per heavy atom. The number of aromatic nitrogens is 4. The molecule has 2 aromatic carbocycles. The lowest BCUT2D eigenvalue weighted by Gasteiger charge is -2.16. The molecule has 2 heterocycles. The minimum absolute atomic E-state index is 0.0642. The van der Waals surface area contributed by atoms with Gasteiger partial charge in [-0.1, -0.05) is 62.9 Å². The van der Waals surface area contributed by atoms with Gasteiger partial charge in [0, 0.05) is 5.75 Å². The van der Waals surface area contributed by atoms with E-state index < -0.39 is 0 Å². The molecule has 0 radical (unpaired) electrons. The summed E-state index contributed by atoms with van der Waals surface area (Å²) in [4.78, 5) is 13.4. The van der Waals surface area contributed by atoms with E-state index in [1.165, 1.54) is 0 Å². The van der Waals surface area contributed by atoms with Crippen LogP contribution in [0.5, 0.6) is 0 Å². The molecular formula is C21H22N4OS. The van der Waals surface area contributed by atoms with E-state index in [0.29, 0.717) is 11.2 Å². The predicted molar refractivity (Wildman–Crippen MR) is 111 cm³/mol. The van der Waals surface area contributed by atoms with Crippen LogP contribution in [0.25, 0.3) is 22.4 Å². The quantitative estimate of drug-likeness (QED) is 0.474. The van der Waals surface area contributed by atoms with Crippen molar-refractivity contribution >= 4 is 28.4 Å². The molecule has 0 saturated carbocycles. The second-order valence-electron chi connectivity index (χ2n) is 6.84. The molecule has 0 amide bonds. The Morgan fingerprint density at radius 1 is 1.04 bits per heavy atom. The topological polar surface area (TPSA) is 52.2 Å². The van der Waals surface area contributed by atoms with Crippen LogP contribution in [0.3, 0.4) is 0 Å². The standard InChI is InChI=1S/C21H22N4OS/c1-4-13-27-21-23-22-20-24(17-11-7-5-9-15(17)14(2)3)19(26)16-10-6-8-12-18(16)25(20)21/h5-12,14H,4,13H2,1-3H3. The van der Waals surface area contributed by atoms with E-state index >= 15 is 0 Å². The SMILES string of the molecule is CCCSc1nnc2n(-c3ccccc3C(C)C)c(=O)c3ccccc3n12. The molecule has 0 aliphatic rings. The van der Waals surface area contributed by atoms with Crippen LogP contribution in [0.2, 0.25) is 0 Å². The van der Waals surface area contributed by atoms with Gasteiger partial charge >= 0.3 is 0 Å². The van der Waals surface area contributed by atoms with Crippen LogP contribution < -0.4 is 5.56 Å².